The van der Waals surface area contributed by atoms with Crippen LogP contribution in [0.25, 0.3) is 0 Å². The molecule has 0 radical (unpaired) electrons. The Morgan fingerprint density at radius 2 is 2.12 bits per heavy atom. The van der Waals surface area contributed by atoms with Gasteiger partial charge in [0, 0.05) is 0 Å². The molecule has 0 amide bonds. The summed E-state index contributed by atoms with van der Waals surface area (Å²) < 4.78 is 9.06. The summed E-state index contributed by atoms with van der Waals surface area (Å²) in [6, 6.07) is 0. The smallest absolute Gasteiger partial charge is 0.309 e. The van der Waals surface area contributed by atoms with E-state index in [1.807, 2.05) is 6.92 Å². The zero-order valence-corrected chi connectivity index (χ0v) is 9.98. The zero-order valence-electron chi connectivity index (χ0n) is 9.98. The van der Waals surface area contributed by atoms with Crippen LogP contribution in [-0.4, -0.2) is 25.7 Å². The highest BCUT2D eigenvalue weighted by molar-refractivity contribution is 5.72. The van der Waals surface area contributed by atoms with Gasteiger partial charge in [0.1, 0.15) is 0 Å². The highest BCUT2D eigenvalue weighted by Gasteiger charge is 2.18. The molecule has 0 heterocycles. The molecule has 0 N–H and O–H groups in total. The van der Waals surface area contributed by atoms with Gasteiger partial charge in [-0.1, -0.05) is 12.2 Å². The van der Waals surface area contributed by atoms with Crippen molar-refractivity contribution in [2.45, 2.75) is 33.1 Å². The fourth-order valence-electron chi connectivity index (χ4n) is 1.34. The van der Waals surface area contributed by atoms with E-state index in [9.17, 15) is 9.59 Å². The summed E-state index contributed by atoms with van der Waals surface area (Å²) in [5, 5.41) is 0. The maximum absolute atomic E-state index is 11.1. The highest BCUT2D eigenvalue weighted by atomic mass is 16.5. The lowest BCUT2D eigenvalue weighted by Gasteiger charge is -2.15. The van der Waals surface area contributed by atoms with Gasteiger partial charge in [-0.05, 0) is 33.1 Å². The molecule has 1 atom stereocenters. The Morgan fingerprint density at radius 3 is 2.50 bits per heavy atom. The summed E-state index contributed by atoms with van der Waals surface area (Å²) in [4.78, 5) is 20.3. The van der Waals surface area contributed by atoms with Crippen LogP contribution in [0.5, 0.6) is 0 Å². The molecule has 0 saturated heterocycles. The van der Waals surface area contributed by atoms with Crippen molar-refractivity contribution in [3.63, 3.8) is 0 Å². The van der Waals surface area contributed by atoms with Crippen molar-refractivity contribution >= 4 is 12.4 Å². The van der Waals surface area contributed by atoms with Gasteiger partial charge in [-0.25, -0.2) is 0 Å². The summed E-state index contributed by atoms with van der Waals surface area (Å²) in [5.74, 6) is 0.0943. The maximum atomic E-state index is 11.1. The molecule has 0 bridgehead atoms. The first-order valence-corrected chi connectivity index (χ1v) is 5.63. The standard InChI is InChI=1S/C9H14O2.C3H6O2/c1-2-11-9(10)8-6-4-3-5-7-8;1-2-5-3-4/h3-4,8H,2,5-7H2,1H3;3H,2H2,1H3/t8-;/m1./s1. The fourth-order valence-corrected chi connectivity index (χ4v) is 1.34. The van der Waals surface area contributed by atoms with Gasteiger partial charge in [0.2, 0.25) is 0 Å². The van der Waals surface area contributed by atoms with E-state index in [1.54, 1.807) is 6.92 Å². The number of ether oxygens (including phenoxy) is 2. The van der Waals surface area contributed by atoms with Crippen LogP contribution < -0.4 is 0 Å². The molecule has 0 unspecified atom stereocenters. The van der Waals surface area contributed by atoms with Crippen molar-refractivity contribution in [1.29, 1.82) is 0 Å². The molecule has 1 rings (SSSR count). The minimum atomic E-state index is -0.0307. The Hall–Kier alpha value is -1.32. The van der Waals surface area contributed by atoms with Crippen LogP contribution in [0.3, 0.4) is 0 Å². The van der Waals surface area contributed by atoms with Crippen LogP contribution in [0.15, 0.2) is 12.2 Å². The van der Waals surface area contributed by atoms with E-state index in [0.29, 0.717) is 19.7 Å². The van der Waals surface area contributed by atoms with Crippen LogP contribution >= 0.6 is 0 Å². The average molecular weight is 228 g/mol. The van der Waals surface area contributed by atoms with Gasteiger partial charge in [0.05, 0.1) is 19.1 Å². The molecule has 0 fully saturated rings. The molecular weight excluding hydrogens is 208 g/mol. The quantitative estimate of drug-likeness (QED) is 0.420. The topological polar surface area (TPSA) is 52.6 Å². The minimum Gasteiger partial charge on any atom is -0.468 e. The van der Waals surface area contributed by atoms with Crippen molar-refractivity contribution in [1.82, 2.24) is 0 Å². The summed E-state index contributed by atoms with van der Waals surface area (Å²) >= 11 is 0. The third kappa shape index (κ3) is 7.04. The van der Waals surface area contributed by atoms with E-state index in [2.05, 4.69) is 16.9 Å². The Morgan fingerprint density at radius 1 is 1.38 bits per heavy atom. The number of carbonyl (C=O) groups excluding carboxylic acids is 2. The van der Waals surface area contributed by atoms with E-state index in [-0.39, 0.29) is 11.9 Å². The van der Waals surface area contributed by atoms with Crippen molar-refractivity contribution in [2.24, 2.45) is 5.92 Å². The Labute approximate surface area is 96.6 Å². The molecule has 1 aliphatic carbocycles. The maximum Gasteiger partial charge on any atom is 0.309 e. The lowest BCUT2D eigenvalue weighted by molar-refractivity contribution is -0.148. The van der Waals surface area contributed by atoms with Crippen molar-refractivity contribution in [2.75, 3.05) is 13.2 Å². The van der Waals surface area contributed by atoms with Crippen LogP contribution in [-0.2, 0) is 19.1 Å². The van der Waals surface area contributed by atoms with Crippen molar-refractivity contribution in [3.05, 3.63) is 12.2 Å². The Balaban J connectivity index is 0.000000385. The largest absolute Gasteiger partial charge is 0.468 e. The number of hydrogen-bond acceptors (Lipinski definition) is 4. The summed E-state index contributed by atoms with van der Waals surface area (Å²) in [6.45, 7) is 5.01. The molecule has 16 heavy (non-hydrogen) atoms. The number of allylic oxidation sites excluding steroid dienone is 2. The zero-order chi connectivity index (χ0) is 12.2. The average Bonchev–Trinajstić information content (AvgIpc) is 2.32. The van der Waals surface area contributed by atoms with E-state index >= 15 is 0 Å². The number of rotatable bonds is 4. The summed E-state index contributed by atoms with van der Waals surface area (Å²) in [5.41, 5.74) is 0. The van der Waals surface area contributed by atoms with Gasteiger partial charge in [-0.2, -0.15) is 0 Å². The Kier molecular flexibility index (Phi) is 9.36. The van der Waals surface area contributed by atoms with Gasteiger partial charge in [-0.15, -0.1) is 0 Å². The van der Waals surface area contributed by atoms with E-state index in [1.165, 1.54) is 0 Å². The van der Waals surface area contributed by atoms with Gasteiger partial charge in [0.25, 0.3) is 6.47 Å². The molecule has 0 spiro atoms. The molecule has 0 aromatic carbocycles. The number of esters is 1. The molecule has 0 aliphatic heterocycles. The van der Waals surface area contributed by atoms with E-state index in [0.717, 1.165) is 19.3 Å². The predicted molar refractivity (Wildman–Crippen MR) is 60.8 cm³/mol. The minimum absolute atomic E-state index is 0.0307. The SMILES string of the molecule is CCOC(=O)[C@@H]1CC=CCC1.CCOC=O. The van der Waals surface area contributed by atoms with Crippen molar-refractivity contribution in [3.8, 4) is 0 Å². The van der Waals surface area contributed by atoms with Crippen LogP contribution in [0, 0.1) is 5.92 Å². The molecule has 4 nitrogen and oxygen atoms in total. The normalized spacial score (nSPS) is 18.0. The van der Waals surface area contributed by atoms with Crippen LogP contribution in [0.4, 0.5) is 0 Å². The third-order valence-electron chi connectivity index (χ3n) is 2.12. The summed E-state index contributed by atoms with van der Waals surface area (Å²) in [6.07, 6.45) is 7.01. The highest BCUT2D eigenvalue weighted by Crippen LogP contribution is 2.19. The van der Waals surface area contributed by atoms with Crippen LogP contribution in [0.1, 0.15) is 33.1 Å². The first-order valence-electron chi connectivity index (χ1n) is 5.63. The van der Waals surface area contributed by atoms with Gasteiger partial charge in [0.15, 0.2) is 0 Å². The third-order valence-corrected chi connectivity index (χ3v) is 2.12. The molecule has 92 valence electrons. The van der Waals surface area contributed by atoms with Gasteiger partial charge < -0.3 is 9.47 Å². The molecule has 1 aliphatic rings. The molecule has 0 aromatic rings. The fraction of sp³-hybridized carbons (Fsp3) is 0.667. The number of carbonyl (C=O) groups is 2. The molecule has 0 saturated carbocycles. The van der Waals surface area contributed by atoms with Crippen LogP contribution in [0.2, 0.25) is 0 Å². The lowest BCUT2D eigenvalue weighted by Crippen LogP contribution is -2.18. The monoisotopic (exact) mass is 228 g/mol. The predicted octanol–water partition coefficient (Wildman–Crippen LogP) is 2.09. The molecule has 4 heteroatoms. The van der Waals surface area contributed by atoms with Gasteiger partial charge >= 0.3 is 5.97 Å². The lowest BCUT2D eigenvalue weighted by atomic mass is 9.95. The Bertz CT molecular complexity index is 223. The second-order valence-electron chi connectivity index (χ2n) is 3.28. The second-order valence-corrected chi connectivity index (χ2v) is 3.28. The van der Waals surface area contributed by atoms with E-state index in [4.69, 9.17) is 4.74 Å². The first-order chi connectivity index (χ1) is 7.76. The summed E-state index contributed by atoms with van der Waals surface area (Å²) in [7, 11) is 0. The molecule has 0 aromatic heterocycles. The first kappa shape index (κ1) is 14.7. The van der Waals surface area contributed by atoms with E-state index < -0.39 is 0 Å². The van der Waals surface area contributed by atoms with Crippen molar-refractivity contribution < 1.29 is 19.1 Å². The molecular formula is C12H20O4. The van der Waals surface area contributed by atoms with Gasteiger partial charge in [-0.3, -0.25) is 9.59 Å². The number of hydrogen-bond donors (Lipinski definition) is 0. The second kappa shape index (κ2) is 10.2.